The SMILES string of the molecule is CC(C)(C)P1CCOc2ccc(cc2)OCCP(C(C)(C)C)CCP(C(C)(C)C)CCOc2ccc(cc2)OCCP(C(C)(C)C)CC1. The summed E-state index contributed by atoms with van der Waals surface area (Å²) < 4.78 is 25.2. The van der Waals surface area contributed by atoms with Crippen LogP contribution in [-0.2, 0) is 0 Å². The molecule has 0 radical (unpaired) electrons. The molecule has 4 bridgehead atoms. The van der Waals surface area contributed by atoms with Crippen molar-refractivity contribution in [3.05, 3.63) is 48.5 Å². The van der Waals surface area contributed by atoms with Gasteiger partial charge in [0.2, 0.25) is 0 Å². The van der Waals surface area contributed by atoms with E-state index in [0.29, 0.717) is 20.6 Å². The van der Waals surface area contributed by atoms with Crippen LogP contribution in [0.3, 0.4) is 0 Å². The van der Waals surface area contributed by atoms with Crippen molar-refractivity contribution in [1.82, 2.24) is 0 Å². The van der Waals surface area contributed by atoms with Gasteiger partial charge in [-0.1, -0.05) is 115 Å². The molecular formula is C40H68O4P4. The maximum atomic E-state index is 6.31. The van der Waals surface area contributed by atoms with Gasteiger partial charge in [0.1, 0.15) is 23.0 Å². The largest absolute Gasteiger partial charge is 0.493 e. The van der Waals surface area contributed by atoms with Crippen LogP contribution in [0.5, 0.6) is 23.0 Å². The average molecular weight is 737 g/mol. The van der Waals surface area contributed by atoms with Crippen molar-refractivity contribution in [3.8, 4) is 23.0 Å². The third-order valence-electron chi connectivity index (χ3n) is 9.24. The van der Waals surface area contributed by atoms with E-state index >= 15 is 0 Å². The second-order valence-electron chi connectivity index (χ2n) is 17.0. The van der Waals surface area contributed by atoms with Gasteiger partial charge in [0.25, 0.3) is 0 Å². The van der Waals surface area contributed by atoms with Gasteiger partial charge in [0.15, 0.2) is 0 Å². The summed E-state index contributed by atoms with van der Waals surface area (Å²) in [6.45, 7) is 32.1. The number of rotatable bonds is 0. The van der Waals surface area contributed by atoms with Gasteiger partial charge in [0, 0.05) is 24.6 Å². The zero-order chi connectivity index (χ0) is 35.6. The van der Waals surface area contributed by atoms with E-state index in [4.69, 9.17) is 18.9 Å². The Morgan fingerprint density at radius 2 is 0.479 bits per heavy atom. The molecule has 0 saturated carbocycles. The fraction of sp³-hybridized carbons (Fsp3) is 0.700. The highest BCUT2D eigenvalue weighted by molar-refractivity contribution is 7.64. The minimum absolute atomic E-state index is 0.168. The van der Waals surface area contributed by atoms with Crippen molar-refractivity contribution >= 4 is 31.7 Å². The summed E-state index contributed by atoms with van der Waals surface area (Å²) >= 11 is 0. The Labute approximate surface area is 300 Å². The highest BCUT2D eigenvalue weighted by Crippen LogP contribution is 2.57. The first-order valence-corrected chi connectivity index (χ1v) is 24.9. The second-order valence-corrected chi connectivity index (χ2v) is 30.2. The van der Waals surface area contributed by atoms with Gasteiger partial charge < -0.3 is 18.9 Å². The maximum Gasteiger partial charge on any atom is 0.119 e. The lowest BCUT2D eigenvalue weighted by Crippen LogP contribution is -2.23. The van der Waals surface area contributed by atoms with E-state index in [1.807, 2.05) is 0 Å². The first-order valence-electron chi connectivity index (χ1n) is 18.0. The predicted molar refractivity (Wildman–Crippen MR) is 220 cm³/mol. The van der Waals surface area contributed by atoms with Gasteiger partial charge in [-0.3, -0.25) is 0 Å². The van der Waals surface area contributed by atoms with Crippen LogP contribution >= 0.6 is 31.7 Å². The quantitative estimate of drug-likeness (QED) is 0.252. The monoisotopic (exact) mass is 736 g/mol. The molecule has 48 heavy (non-hydrogen) atoms. The molecule has 4 unspecified atom stereocenters. The molecule has 6 rings (SSSR count). The molecule has 0 aliphatic carbocycles. The third kappa shape index (κ3) is 14.9. The first-order chi connectivity index (χ1) is 22.3. The van der Waals surface area contributed by atoms with Crippen LogP contribution in [0.2, 0.25) is 0 Å². The lowest BCUT2D eigenvalue weighted by atomic mass is 10.3. The highest BCUT2D eigenvalue weighted by Gasteiger charge is 2.30. The van der Waals surface area contributed by atoms with E-state index in [1.54, 1.807) is 0 Å². The van der Waals surface area contributed by atoms with Gasteiger partial charge in [-0.2, -0.15) is 0 Å². The smallest absolute Gasteiger partial charge is 0.119 e. The number of hydrogen-bond donors (Lipinski definition) is 0. The van der Waals surface area contributed by atoms with Gasteiger partial charge in [-0.15, -0.1) is 0 Å². The topological polar surface area (TPSA) is 36.9 Å². The Morgan fingerprint density at radius 3 is 0.625 bits per heavy atom. The van der Waals surface area contributed by atoms with Crippen molar-refractivity contribution in [2.75, 3.05) is 75.7 Å². The molecule has 2 aromatic carbocycles. The summed E-state index contributed by atoms with van der Waals surface area (Å²) in [6.07, 6.45) is 9.67. The molecule has 0 N–H and O–H groups in total. The van der Waals surface area contributed by atoms with Crippen molar-refractivity contribution in [2.45, 2.75) is 104 Å². The Hall–Kier alpha value is -0.640. The zero-order valence-electron chi connectivity index (χ0n) is 32.5. The van der Waals surface area contributed by atoms with Crippen LogP contribution in [-0.4, -0.2) is 96.3 Å². The fourth-order valence-electron chi connectivity index (χ4n) is 5.97. The zero-order valence-corrected chi connectivity index (χ0v) is 36.1. The molecule has 2 aromatic rings. The van der Waals surface area contributed by atoms with Crippen LogP contribution < -0.4 is 18.9 Å². The predicted octanol–water partition coefficient (Wildman–Crippen LogP) is 12.0. The van der Waals surface area contributed by atoms with E-state index in [0.717, 1.165) is 74.1 Å². The molecule has 4 heterocycles. The lowest BCUT2D eigenvalue weighted by Gasteiger charge is -2.36. The summed E-state index contributed by atoms with van der Waals surface area (Å²) in [5.74, 6) is 3.77. The number of benzene rings is 2. The molecule has 4 aliphatic heterocycles. The van der Waals surface area contributed by atoms with Gasteiger partial charge in [0.05, 0.1) is 26.4 Å². The van der Waals surface area contributed by atoms with E-state index in [9.17, 15) is 0 Å². The molecule has 0 saturated heterocycles. The van der Waals surface area contributed by atoms with Crippen molar-refractivity contribution in [2.24, 2.45) is 0 Å². The summed E-state index contributed by atoms with van der Waals surface area (Å²) in [5, 5.41) is 1.21. The molecule has 272 valence electrons. The summed E-state index contributed by atoms with van der Waals surface area (Å²) in [5.41, 5.74) is 0. The Morgan fingerprint density at radius 1 is 0.312 bits per heavy atom. The van der Waals surface area contributed by atoms with Gasteiger partial charge in [-0.05, 0) is 93.8 Å². The van der Waals surface area contributed by atoms with Crippen molar-refractivity contribution in [3.63, 3.8) is 0 Å². The van der Waals surface area contributed by atoms with Crippen LogP contribution in [0.4, 0.5) is 0 Å². The fourth-order valence-corrected chi connectivity index (χ4v) is 17.3. The Balaban J connectivity index is 1.76. The molecule has 0 aromatic heterocycles. The molecule has 4 aliphatic rings. The molecule has 8 heteroatoms. The molecule has 4 nitrogen and oxygen atoms in total. The first kappa shape index (κ1) is 41.8. The molecule has 0 amide bonds. The standard InChI is InChI=1S/C40H68O4P4/c1-37(2,3)45-25-21-41-33-13-15-34(16-14-33)43-23-27-47(39(7,8)9)31-32-48(40(10,11)12)28-24-44-36-19-17-35(18-20-36)42-22-26-46(30-29-45)38(4,5)6/h13-20H,21-32H2,1-12H3. The Kier molecular flexibility index (Phi) is 16.3. The van der Waals surface area contributed by atoms with Gasteiger partial charge in [-0.25, -0.2) is 0 Å². The molecule has 0 fully saturated rings. The van der Waals surface area contributed by atoms with Crippen LogP contribution in [0, 0.1) is 0 Å². The maximum absolute atomic E-state index is 6.31. The lowest BCUT2D eigenvalue weighted by molar-refractivity contribution is 0.332. The number of hydrogen-bond acceptors (Lipinski definition) is 4. The van der Waals surface area contributed by atoms with Gasteiger partial charge >= 0.3 is 0 Å². The minimum atomic E-state index is -0.168. The van der Waals surface area contributed by atoms with E-state index in [2.05, 4.69) is 132 Å². The molecule has 0 spiro atoms. The summed E-state index contributed by atoms with van der Waals surface area (Å²) in [7, 11) is -0.670. The molecule has 4 atom stereocenters. The average Bonchev–Trinajstić information content (AvgIpc) is 2.97. The normalized spacial score (nSPS) is 23.9. The third-order valence-corrected chi connectivity index (χ3v) is 23.5. The highest BCUT2D eigenvalue weighted by atomic mass is 31.1. The van der Waals surface area contributed by atoms with Crippen LogP contribution in [0.1, 0.15) is 83.1 Å². The van der Waals surface area contributed by atoms with E-state index < -0.39 is 0 Å². The number of ether oxygens (including phenoxy) is 4. The summed E-state index contributed by atoms with van der Waals surface area (Å²) in [4.78, 5) is 0. The second kappa shape index (κ2) is 18.7. The molecular weight excluding hydrogens is 668 g/mol. The van der Waals surface area contributed by atoms with Crippen molar-refractivity contribution < 1.29 is 18.9 Å². The minimum Gasteiger partial charge on any atom is -0.493 e. The van der Waals surface area contributed by atoms with E-state index in [-0.39, 0.29) is 31.7 Å². The van der Waals surface area contributed by atoms with Crippen LogP contribution in [0.15, 0.2) is 48.5 Å². The van der Waals surface area contributed by atoms with E-state index in [1.165, 1.54) is 24.6 Å². The van der Waals surface area contributed by atoms with Crippen LogP contribution in [0.25, 0.3) is 0 Å². The van der Waals surface area contributed by atoms with Crippen molar-refractivity contribution in [1.29, 1.82) is 0 Å². The Bertz CT molecular complexity index is 1000. The summed E-state index contributed by atoms with van der Waals surface area (Å²) in [6, 6.07) is 16.7.